The fourth-order valence-electron chi connectivity index (χ4n) is 15.5. The molecule has 2 heterocycles. The molecule has 96 heavy (non-hydrogen) atoms. The molecule has 0 saturated heterocycles. The largest absolute Gasteiger partial charge is 0.490 e. The number of halogens is 2. The van der Waals surface area contributed by atoms with Crippen molar-refractivity contribution in [3.63, 3.8) is 0 Å². The Morgan fingerprint density at radius 3 is 1.40 bits per heavy atom. The summed E-state index contributed by atoms with van der Waals surface area (Å²) in [6.07, 6.45) is 25.0. The van der Waals surface area contributed by atoms with Crippen molar-refractivity contribution in [1.82, 2.24) is 9.44 Å². The van der Waals surface area contributed by atoms with Crippen molar-refractivity contribution < 1.29 is 55.6 Å². The van der Waals surface area contributed by atoms with Crippen LogP contribution in [-0.4, -0.2) is 128 Å². The Morgan fingerprint density at radius 1 is 0.635 bits per heavy atom. The number of aliphatic hydroxyl groups is 2. The molecular weight excluding hydrogens is 1300 g/mol. The molecule has 2 aliphatic heterocycles. The fraction of sp³-hybridized carbons (Fsp3) is 0.553. The number of allylic oxidation sites excluding steroid dienone is 4. The summed E-state index contributed by atoms with van der Waals surface area (Å²) in [6, 6.07) is 22.6. The van der Waals surface area contributed by atoms with Gasteiger partial charge < -0.3 is 39.0 Å². The third kappa shape index (κ3) is 17.5. The summed E-state index contributed by atoms with van der Waals surface area (Å²) in [5.41, 5.74) is 6.35. The van der Waals surface area contributed by atoms with Gasteiger partial charge in [-0.2, -0.15) is 0 Å². The van der Waals surface area contributed by atoms with Crippen molar-refractivity contribution in [3.8, 4) is 11.5 Å². The van der Waals surface area contributed by atoms with Crippen molar-refractivity contribution >= 4 is 66.4 Å². The molecule has 524 valence electrons. The molecule has 0 bridgehead atoms. The van der Waals surface area contributed by atoms with Gasteiger partial charge in [0.25, 0.3) is 11.8 Å². The molecule has 0 unspecified atom stereocenters. The summed E-state index contributed by atoms with van der Waals surface area (Å²) >= 11 is 12.8. The van der Waals surface area contributed by atoms with Crippen LogP contribution in [0.1, 0.15) is 161 Å². The van der Waals surface area contributed by atoms with E-state index in [-0.39, 0.29) is 70.7 Å². The molecule has 4 aliphatic carbocycles. The fourth-order valence-corrected chi connectivity index (χ4v) is 19.0. The first-order valence-electron chi connectivity index (χ1n) is 34.7. The van der Waals surface area contributed by atoms with Gasteiger partial charge in [-0.05, 0) is 208 Å². The zero-order chi connectivity index (χ0) is 69.0. The number of nitrogens with one attached hydrogen (secondary N) is 2. The first-order chi connectivity index (χ1) is 46.0. The monoisotopic (exact) mass is 1400 g/mol. The van der Waals surface area contributed by atoms with E-state index < -0.39 is 54.6 Å². The predicted molar refractivity (Wildman–Crippen MR) is 385 cm³/mol. The number of hydrogen-bond acceptors (Lipinski definition) is 14. The number of aryl methyl sites for hydroxylation is 2. The Morgan fingerprint density at radius 2 is 1.04 bits per heavy atom. The van der Waals surface area contributed by atoms with Crippen LogP contribution in [0.5, 0.6) is 11.5 Å². The first kappa shape index (κ1) is 74.5. The number of amides is 2. The van der Waals surface area contributed by atoms with Crippen LogP contribution >= 0.6 is 23.2 Å². The standard InChI is InChI=1S/2C38H51ClN2O6S/c2*1-5-7-8-12-34(42)31-16-13-29(31)22-41-24-38(19-9-11-27-20-30(39)15-17-32(27)38)25-47-35-18-14-28(21-33(35)41)37(43)40-48(44,45)36(23-46-4)26(3)10-6-2/h2*6,8,12,14-15,17-18,20-21,26,29,31,34,36,42H,2,5,7,9-11,13,16,19,22-25H2,1,3-4H3,(H,40,43)/b2*12-8+/t26-,29+,31-,34+,36+,38+;26-,29+,31-,34+,36-,38+/m11/s1. The maximum Gasteiger partial charge on any atom is 0.264 e. The maximum absolute atomic E-state index is 13.6. The summed E-state index contributed by atoms with van der Waals surface area (Å²) in [5, 5.41) is 21.7. The summed E-state index contributed by atoms with van der Waals surface area (Å²) in [5.74, 6) is 0.122. The van der Waals surface area contributed by atoms with Gasteiger partial charge in [-0.1, -0.05) is 112 Å². The van der Waals surface area contributed by atoms with Crippen LogP contribution in [0.2, 0.25) is 10.0 Å². The normalized spacial score (nSPS) is 24.1. The number of rotatable bonds is 28. The minimum Gasteiger partial charge on any atom is -0.490 e. The lowest BCUT2D eigenvalue weighted by Gasteiger charge is -2.45. The smallest absolute Gasteiger partial charge is 0.264 e. The highest BCUT2D eigenvalue weighted by atomic mass is 35.5. The lowest BCUT2D eigenvalue weighted by Crippen LogP contribution is -2.49. The van der Waals surface area contributed by atoms with Crippen molar-refractivity contribution in [3.05, 3.63) is 166 Å². The highest BCUT2D eigenvalue weighted by Crippen LogP contribution is 2.49. The molecule has 0 radical (unpaired) electrons. The van der Waals surface area contributed by atoms with E-state index in [0.29, 0.717) is 63.7 Å². The van der Waals surface area contributed by atoms with Gasteiger partial charge in [0.05, 0.1) is 50.0 Å². The molecule has 2 fully saturated rings. The number of ether oxygens (including phenoxy) is 4. The number of sulfonamides is 2. The molecule has 2 amide bonds. The number of nitrogens with zero attached hydrogens (tertiary/aromatic N) is 2. The Labute approximate surface area is 581 Å². The zero-order valence-electron chi connectivity index (χ0n) is 57.0. The van der Waals surface area contributed by atoms with Crippen LogP contribution in [0.25, 0.3) is 0 Å². The highest BCUT2D eigenvalue weighted by molar-refractivity contribution is 7.91. The number of fused-ring (bicyclic) bond motifs is 6. The third-order valence-electron chi connectivity index (χ3n) is 21.2. The van der Waals surface area contributed by atoms with E-state index in [9.17, 15) is 36.6 Å². The second kappa shape index (κ2) is 33.4. The number of carbonyl (C=O) groups is 2. The number of aliphatic hydroxyl groups excluding tert-OH is 2. The van der Waals surface area contributed by atoms with Crippen molar-refractivity contribution in [1.29, 1.82) is 0 Å². The van der Waals surface area contributed by atoms with Gasteiger partial charge in [-0.15, -0.1) is 13.2 Å². The molecule has 0 aromatic heterocycles. The lowest BCUT2D eigenvalue weighted by atomic mass is 9.68. The molecule has 4 aromatic carbocycles. The topological polar surface area (TPSA) is 210 Å². The van der Waals surface area contributed by atoms with E-state index >= 15 is 0 Å². The van der Waals surface area contributed by atoms with Crippen molar-refractivity contribution in [2.45, 2.75) is 164 Å². The van der Waals surface area contributed by atoms with E-state index in [1.54, 1.807) is 48.6 Å². The molecule has 6 aliphatic rings. The van der Waals surface area contributed by atoms with Crippen molar-refractivity contribution in [2.75, 3.05) is 76.6 Å². The Hall–Kier alpha value is -5.70. The maximum atomic E-state index is 13.6. The second-order valence-electron chi connectivity index (χ2n) is 27.9. The van der Waals surface area contributed by atoms with E-state index in [1.807, 2.05) is 38.1 Å². The third-order valence-corrected chi connectivity index (χ3v) is 25.4. The van der Waals surface area contributed by atoms with E-state index in [4.69, 9.17) is 42.1 Å². The summed E-state index contributed by atoms with van der Waals surface area (Å²) < 4.78 is 82.0. The van der Waals surface area contributed by atoms with Gasteiger partial charge in [0.15, 0.2) is 0 Å². The SMILES string of the molecule is C=CC[C@@H](C)[C@@H](COC)S(=O)(=O)NC(=O)c1ccc2c(c1)N(C[C@@H]1CC[C@H]1[C@@H](O)/C=C/CCC)C[C@@]1(CCCc3cc(Cl)ccc31)CO2.C=CC[C@@H](C)[C@H](COC)S(=O)(=O)NC(=O)c1ccc2c(c1)N(C[C@@H]1CC[C@H]1[C@@H](O)/C=C/CCC)C[C@@]1(CCCc3cc(Cl)ccc31)CO2. The van der Waals surface area contributed by atoms with E-state index in [2.05, 4.69) is 82.7 Å². The van der Waals surface area contributed by atoms with Crippen LogP contribution in [0.4, 0.5) is 11.4 Å². The summed E-state index contributed by atoms with van der Waals surface area (Å²) in [6.45, 7) is 18.9. The minimum absolute atomic E-state index is 0.0414. The van der Waals surface area contributed by atoms with Crippen LogP contribution < -0.4 is 28.7 Å². The minimum atomic E-state index is -4.06. The number of unbranched alkanes of at least 4 members (excludes halogenated alkanes) is 2. The zero-order valence-corrected chi connectivity index (χ0v) is 60.1. The molecule has 2 saturated carbocycles. The highest BCUT2D eigenvalue weighted by Gasteiger charge is 2.47. The second-order valence-corrected chi connectivity index (χ2v) is 32.6. The quantitative estimate of drug-likeness (QED) is 0.0390. The van der Waals surface area contributed by atoms with Crippen LogP contribution in [0.3, 0.4) is 0 Å². The van der Waals surface area contributed by atoms with Crippen molar-refractivity contribution in [2.24, 2.45) is 35.5 Å². The Kier molecular flexibility index (Phi) is 26.0. The number of methoxy groups -OCH3 is 2. The number of carbonyl (C=O) groups excluding carboxylic acids is 2. The van der Waals surface area contributed by atoms with E-state index in [1.165, 1.54) is 36.5 Å². The van der Waals surface area contributed by atoms with Crippen LogP contribution in [0, 0.1) is 35.5 Å². The van der Waals surface area contributed by atoms with Gasteiger partial charge >= 0.3 is 0 Å². The molecule has 10 rings (SSSR count). The predicted octanol–water partition coefficient (Wildman–Crippen LogP) is 13.7. The van der Waals surface area contributed by atoms with Crippen LogP contribution in [0.15, 0.2) is 122 Å². The molecule has 16 nitrogen and oxygen atoms in total. The number of hydrogen-bond donors (Lipinski definition) is 4. The molecule has 2 spiro atoms. The van der Waals surface area contributed by atoms with E-state index in [0.717, 1.165) is 111 Å². The average Bonchev–Trinajstić information content (AvgIpc) is 1.41. The summed E-state index contributed by atoms with van der Waals surface area (Å²) in [4.78, 5) is 31.9. The first-order valence-corrected chi connectivity index (χ1v) is 38.5. The van der Waals surface area contributed by atoms with Gasteiger partial charge in [-0.3, -0.25) is 9.59 Å². The van der Waals surface area contributed by atoms with Gasteiger partial charge in [-0.25, -0.2) is 26.3 Å². The molecule has 4 N–H and O–H groups in total. The summed E-state index contributed by atoms with van der Waals surface area (Å²) in [7, 11) is -5.22. The molecular formula is C76H102Cl2N4O12S2. The number of anilines is 2. The van der Waals surface area contributed by atoms with Crippen LogP contribution in [-0.2, 0) is 53.2 Å². The molecule has 20 heteroatoms. The lowest BCUT2D eigenvalue weighted by molar-refractivity contribution is 0.0454. The average molecular weight is 1400 g/mol. The molecule has 4 aromatic rings. The Bertz CT molecular complexity index is 3430. The van der Waals surface area contributed by atoms with Gasteiger partial charge in [0, 0.05) is 72.4 Å². The Balaban J connectivity index is 0.000000225. The van der Waals surface area contributed by atoms with Gasteiger partial charge in [0.1, 0.15) is 22.0 Å². The van der Waals surface area contributed by atoms with Gasteiger partial charge in [0.2, 0.25) is 20.0 Å². The number of benzene rings is 4. The molecule has 12 atom stereocenters.